The number of H-pyrrole nitrogens is 1. The highest BCUT2D eigenvalue weighted by Gasteiger charge is 2.21. The van der Waals surface area contributed by atoms with Gasteiger partial charge in [0.25, 0.3) is 11.5 Å². The van der Waals surface area contributed by atoms with Crippen LogP contribution in [-0.4, -0.2) is 47.5 Å². The number of hydrogen-bond donors (Lipinski definition) is 4. The Morgan fingerprint density at radius 2 is 2.00 bits per heavy atom. The zero-order valence-corrected chi connectivity index (χ0v) is 20.6. The van der Waals surface area contributed by atoms with E-state index in [-0.39, 0.29) is 5.56 Å². The number of aromatic nitrogens is 2. The molecular weight excluding hydrogens is 444 g/mol. The predicted octanol–water partition coefficient (Wildman–Crippen LogP) is 3.89. The summed E-state index contributed by atoms with van der Waals surface area (Å²) in [7, 11) is 2.08. The molecule has 4 heterocycles. The fraction of sp³-hybridized carbons (Fsp3) is 0.346. The second-order valence-electron chi connectivity index (χ2n) is 8.40. The van der Waals surface area contributed by atoms with Crippen molar-refractivity contribution in [2.75, 3.05) is 42.7 Å². The van der Waals surface area contributed by atoms with Crippen LogP contribution in [0.1, 0.15) is 40.9 Å². The molecule has 2 aliphatic heterocycles. The van der Waals surface area contributed by atoms with E-state index in [4.69, 9.17) is 4.74 Å². The molecule has 2 aromatic heterocycles. The molecule has 0 fully saturated rings. The number of carbonyl (C=O) groups is 1. The van der Waals surface area contributed by atoms with Gasteiger partial charge in [-0.1, -0.05) is 19.9 Å². The number of pyridine rings is 2. The zero-order valence-electron chi connectivity index (χ0n) is 20.6. The minimum absolute atomic E-state index is 0.00803. The number of amides is 1. The minimum Gasteiger partial charge on any atom is -0.474 e. The molecule has 0 unspecified atom stereocenters. The first-order valence-corrected chi connectivity index (χ1v) is 12.0. The van der Waals surface area contributed by atoms with Gasteiger partial charge in [0.1, 0.15) is 17.9 Å². The molecule has 35 heavy (non-hydrogen) atoms. The molecule has 0 atom stereocenters. The molecular formula is C26H32N6O3. The quantitative estimate of drug-likeness (QED) is 0.452. The number of fused-ring (bicyclic) bond motifs is 2. The third-order valence-corrected chi connectivity index (χ3v) is 6.07. The van der Waals surface area contributed by atoms with E-state index in [0.717, 1.165) is 30.8 Å². The number of nitrogens with zero attached hydrogens (tertiary/aromatic N) is 2. The van der Waals surface area contributed by atoms with Gasteiger partial charge < -0.3 is 30.6 Å². The molecule has 0 radical (unpaired) electrons. The van der Waals surface area contributed by atoms with Gasteiger partial charge in [-0.3, -0.25) is 9.59 Å². The Labute approximate surface area is 204 Å². The van der Waals surface area contributed by atoms with Gasteiger partial charge in [-0.05, 0) is 49.7 Å². The van der Waals surface area contributed by atoms with Crippen LogP contribution in [0.4, 0.5) is 22.7 Å². The standard InChI is InChI=1S/C24H26N6O3.C2H6/c1-14-19(12-27-24-21(14)25-8-10-33-24)29-18-5-7-26-22(31)20(18)23(32)28-17-4-3-15-6-9-30(2)13-16(15)11-17;1-2/h3-5,7,11-12,25H,6,8-10,13H2,1-2H3,(H,28,32)(H2,26,29,31);1-2H3. The lowest BCUT2D eigenvalue weighted by atomic mass is 9.99. The molecule has 0 spiro atoms. The maximum atomic E-state index is 13.2. The fourth-order valence-corrected chi connectivity index (χ4v) is 4.27. The number of carbonyl (C=O) groups excluding carboxylic acids is 1. The number of nitrogens with one attached hydrogen (secondary N) is 4. The Morgan fingerprint density at radius 3 is 2.83 bits per heavy atom. The molecule has 1 aromatic carbocycles. The SMILES string of the molecule is CC.Cc1c(Nc2cc[nH]c(=O)c2C(=O)Nc2ccc3c(c2)CN(C)CC3)cnc2c1NCCO2. The Hall–Kier alpha value is -3.85. The highest BCUT2D eigenvalue weighted by atomic mass is 16.5. The minimum atomic E-state index is -0.478. The molecule has 1 amide bonds. The third kappa shape index (κ3) is 5.14. The average molecular weight is 477 g/mol. The van der Waals surface area contributed by atoms with Crippen molar-refractivity contribution in [2.24, 2.45) is 0 Å². The van der Waals surface area contributed by atoms with E-state index >= 15 is 0 Å². The van der Waals surface area contributed by atoms with Crippen molar-refractivity contribution in [2.45, 2.75) is 33.7 Å². The molecule has 3 aromatic rings. The van der Waals surface area contributed by atoms with Crippen molar-refractivity contribution < 1.29 is 9.53 Å². The number of benzene rings is 1. The average Bonchev–Trinajstić information content (AvgIpc) is 2.87. The second-order valence-corrected chi connectivity index (χ2v) is 8.40. The summed E-state index contributed by atoms with van der Waals surface area (Å²) < 4.78 is 5.58. The smallest absolute Gasteiger partial charge is 0.263 e. The number of rotatable bonds is 4. The summed E-state index contributed by atoms with van der Waals surface area (Å²) in [5.41, 5.74) is 5.46. The van der Waals surface area contributed by atoms with E-state index in [2.05, 4.69) is 37.9 Å². The van der Waals surface area contributed by atoms with E-state index in [9.17, 15) is 9.59 Å². The normalized spacial score (nSPS) is 14.3. The third-order valence-electron chi connectivity index (χ3n) is 6.07. The van der Waals surface area contributed by atoms with Gasteiger partial charge >= 0.3 is 0 Å². The van der Waals surface area contributed by atoms with Crippen LogP contribution in [0, 0.1) is 6.92 Å². The van der Waals surface area contributed by atoms with Crippen molar-refractivity contribution in [1.82, 2.24) is 14.9 Å². The lowest BCUT2D eigenvalue weighted by Gasteiger charge is -2.25. The summed E-state index contributed by atoms with van der Waals surface area (Å²) >= 11 is 0. The zero-order chi connectivity index (χ0) is 24.9. The first kappa shape index (κ1) is 24.3. The van der Waals surface area contributed by atoms with Crippen LogP contribution < -0.4 is 26.2 Å². The van der Waals surface area contributed by atoms with Gasteiger partial charge in [-0.15, -0.1) is 0 Å². The highest BCUT2D eigenvalue weighted by Crippen LogP contribution is 2.34. The van der Waals surface area contributed by atoms with Gasteiger partial charge in [0.15, 0.2) is 0 Å². The first-order chi connectivity index (χ1) is 17.0. The summed E-state index contributed by atoms with van der Waals surface area (Å²) in [5, 5.41) is 9.39. The monoisotopic (exact) mass is 476 g/mol. The number of ether oxygens (including phenoxy) is 1. The first-order valence-electron chi connectivity index (χ1n) is 12.0. The molecule has 9 nitrogen and oxygen atoms in total. The fourth-order valence-electron chi connectivity index (χ4n) is 4.27. The van der Waals surface area contributed by atoms with E-state index in [0.29, 0.717) is 36.1 Å². The lowest BCUT2D eigenvalue weighted by Crippen LogP contribution is -2.27. The number of hydrogen-bond acceptors (Lipinski definition) is 7. The van der Waals surface area contributed by atoms with Crippen molar-refractivity contribution in [3.8, 4) is 5.88 Å². The van der Waals surface area contributed by atoms with Crippen molar-refractivity contribution in [3.63, 3.8) is 0 Å². The topological polar surface area (TPSA) is 111 Å². The molecule has 0 bridgehead atoms. The molecule has 0 saturated carbocycles. The van der Waals surface area contributed by atoms with Crippen LogP contribution >= 0.6 is 0 Å². The number of anilines is 4. The number of likely N-dealkylation sites (N-methyl/N-ethyl adjacent to an activating group) is 1. The summed E-state index contributed by atoms with van der Waals surface area (Å²) in [6, 6.07) is 7.58. The van der Waals surface area contributed by atoms with Crippen molar-refractivity contribution >= 4 is 28.7 Å². The van der Waals surface area contributed by atoms with Gasteiger partial charge in [0, 0.05) is 37.1 Å². The van der Waals surface area contributed by atoms with E-state index in [1.807, 2.05) is 39.0 Å². The van der Waals surface area contributed by atoms with E-state index in [1.165, 1.54) is 17.3 Å². The van der Waals surface area contributed by atoms with Gasteiger partial charge in [0.2, 0.25) is 5.88 Å². The van der Waals surface area contributed by atoms with Crippen LogP contribution in [-0.2, 0) is 13.0 Å². The predicted molar refractivity (Wildman–Crippen MR) is 139 cm³/mol. The Balaban J connectivity index is 0.00000141. The van der Waals surface area contributed by atoms with Crippen LogP contribution in [0.15, 0.2) is 41.5 Å². The molecule has 5 rings (SSSR count). The molecule has 184 valence electrons. The van der Waals surface area contributed by atoms with E-state index < -0.39 is 11.5 Å². The molecule has 2 aliphatic rings. The molecule has 4 N–H and O–H groups in total. The summed E-state index contributed by atoms with van der Waals surface area (Å²) in [6.07, 6.45) is 4.14. The van der Waals surface area contributed by atoms with Crippen LogP contribution in [0.3, 0.4) is 0 Å². The van der Waals surface area contributed by atoms with Gasteiger partial charge in [-0.25, -0.2) is 4.98 Å². The molecule has 0 saturated heterocycles. The maximum absolute atomic E-state index is 13.2. The van der Waals surface area contributed by atoms with Crippen LogP contribution in [0.5, 0.6) is 5.88 Å². The number of aromatic amines is 1. The summed E-state index contributed by atoms with van der Waals surface area (Å²) in [6.45, 7) is 9.03. The van der Waals surface area contributed by atoms with Crippen LogP contribution in [0.2, 0.25) is 0 Å². The van der Waals surface area contributed by atoms with Crippen molar-refractivity contribution in [1.29, 1.82) is 0 Å². The van der Waals surface area contributed by atoms with Gasteiger partial charge in [-0.2, -0.15) is 0 Å². The Bertz CT molecular complexity index is 1290. The summed E-state index contributed by atoms with van der Waals surface area (Å²) in [5.74, 6) is 0.0692. The largest absolute Gasteiger partial charge is 0.474 e. The second kappa shape index (κ2) is 10.6. The van der Waals surface area contributed by atoms with E-state index in [1.54, 1.807) is 12.3 Å². The summed E-state index contributed by atoms with van der Waals surface area (Å²) in [4.78, 5) is 35.0. The Morgan fingerprint density at radius 1 is 1.17 bits per heavy atom. The maximum Gasteiger partial charge on any atom is 0.263 e. The lowest BCUT2D eigenvalue weighted by molar-refractivity contribution is 0.102. The van der Waals surface area contributed by atoms with Gasteiger partial charge in [0.05, 0.1) is 17.6 Å². The van der Waals surface area contributed by atoms with Crippen LogP contribution in [0.25, 0.3) is 0 Å². The molecule has 9 heteroatoms. The highest BCUT2D eigenvalue weighted by molar-refractivity contribution is 6.08. The Kier molecular flexibility index (Phi) is 7.36. The van der Waals surface area contributed by atoms with Crippen molar-refractivity contribution in [3.05, 3.63) is 69.3 Å². The molecule has 0 aliphatic carbocycles.